The fourth-order valence-electron chi connectivity index (χ4n) is 2.36. The minimum atomic E-state index is 0.289. The average Bonchev–Trinajstić information content (AvgIpc) is 2.26. The quantitative estimate of drug-likeness (QED) is 0.647. The van der Waals surface area contributed by atoms with E-state index in [1.54, 1.807) is 7.11 Å². The predicted molar refractivity (Wildman–Crippen MR) is 66.7 cm³/mol. The third-order valence-corrected chi connectivity index (χ3v) is 3.71. The molecule has 16 heavy (non-hydrogen) atoms. The first kappa shape index (κ1) is 13.9. The van der Waals surface area contributed by atoms with Crippen LogP contribution in [0.4, 0.5) is 0 Å². The topological polar surface area (TPSA) is 30.5 Å². The molecule has 0 spiro atoms. The van der Waals surface area contributed by atoms with E-state index < -0.39 is 0 Å². The summed E-state index contributed by atoms with van der Waals surface area (Å²) in [7, 11) is 1.76. The Morgan fingerprint density at radius 2 is 2.06 bits per heavy atom. The van der Waals surface area contributed by atoms with Crippen LogP contribution >= 0.6 is 0 Å². The van der Waals surface area contributed by atoms with Gasteiger partial charge in [-0.05, 0) is 32.7 Å². The molecule has 0 saturated heterocycles. The second kappa shape index (κ2) is 6.58. The van der Waals surface area contributed by atoms with E-state index in [0.29, 0.717) is 12.1 Å². The zero-order valence-corrected chi connectivity index (χ0v) is 11.2. The molecule has 0 amide bonds. The van der Waals surface area contributed by atoms with Crippen molar-refractivity contribution < 1.29 is 9.47 Å². The zero-order valence-electron chi connectivity index (χ0n) is 11.2. The molecule has 3 heteroatoms. The van der Waals surface area contributed by atoms with Crippen molar-refractivity contribution >= 4 is 0 Å². The van der Waals surface area contributed by atoms with E-state index in [0.717, 1.165) is 32.6 Å². The van der Waals surface area contributed by atoms with Crippen LogP contribution in [0.15, 0.2) is 0 Å². The van der Waals surface area contributed by atoms with E-state index in [4.69, 9.17) is 9.47 Å². The zero-order chi connectivity index (χ0) is 12.0. The fourth-order valence-corrected chi connectivity index (χ4v) is 2.36. The van der Waals surface area contributed by atoms with Crippen molar-refractivity contribution in [2.75, 3.05) is 26.9 Å². The van der Waals surface area contributed by atoms with Crippen molar-refractivity contribution in [2.45, 2.75) is 52.2 Å². The van der Waals surface area contributed by atoms with Crippen molar-refractivity contribution in [1.82, 2.24) is 5.32 Å². The summed E-state index contributed by atoms with van der Waals surface area (Å²) in [6, 6.07) is 0.617. The van der Waals surface area contributed by atoms with Crippen LogP contribution in [0.5, 0.6) is 0 Å². The highest BCUT2D eigenvalue weighted by atomic mass is 16.5. The lowest BCUT2D eigenvalue weighted by Gasteiger charge is -2.52. The Hall–Kier alpha value is -0.120. The number of hydrogen-bond acceptors (Lipinski definition) is 3. The van der Waals surface area contributed by atoms with Gasteiger partial charge >= 0.3 is 0 Å². The third-order valence-electron chi connectivity index (χ3n) is 3.71. The van der Waals surface area contributed by atoms with Crippen molar-refractivity contribution in [2.24, 2.45) is 5.41 Å². The second-order valence-electron chi connectivity index (χ2n) is 5.21. The van der Waals surface area contributed by atoms with Crippen molar-refractivity contribution in [3.8, 4) is 0 Å². The molecule has 3 nitrogen and oxygen atoms in total. The summed E-state index contributed by atoms with van der Waals surface area (Å²) in [5.74, 6) is 0. The van der Waals surface area contributed by atoms with Crippen LogP contribution in [0, 0.1) is 5.41 Å². The second-order valence-corrected chi connectivity index (χ2v) is 5.21. The van der Waals surface area contributed by atoms with Crippen molar-refractivity contribution in [3.63, 3.8) is 0 Å². The van der Waals surface area contributed by atoms with E-state index >= 15 is 0 Å². The van der Waals surface area contributed by atoms with Gasteiger partial charge in [-0.3, -0.25) is 0 Å². The maximum absolute atomic E-state index is 5.71. The summed E-state index contributed by atoms with van der Waals surface area (Å²) < 4.78 is 10.7. The molecule has 0 aliphatic heterocycles. The molecule has 0 heterocycles. The van der Waals surface area contributed by atoms with Crippen LogP contribution in [0.1, 0.15) is 40.0 Å². The molecule has 1 fully saturated rings. The van der Waals surface area contributed by atoms with Gasteiger partial charge in [0.2, 0.25) is 0 Å². The van der Waals surface area contributed by atoms with Gasteiger partial charge in [0.1, 0.15) is 0 Å². The number of methoxy groups -OCH3 is 1. The smallest absolute Gasteiger partial charge is 0.0655 e. The van der Waals surface area contributed by atoms with Gasteiger partial charge in [0.25, 0.3) is 0 Å². The van der Waals surface area contributed by atoms with Crippen LogP contribution in [0.25, 0.3) is 0 Å². The van der Waals surface area contributed by atoms with E-state index in [9.17, 15) is 0 Å². The van der Waals surface area contributed by atoms with Gasteiger partial charge in [-0.2, -0.15) is 0 Å². The van der Waals surface area contributed by atoms with Crippen LogP contribution < -0.4 is 5.32 Å². The molecule has 96 valence electrons. The number of unbranched alkanes of at least 4 members (excludes halogenated alkanes) is 1. The standard InChI is InChI=1S/C13H27NO2/c1-5-16-12-10-11(13(12,2)3)14-8-6-7-9-15-4/h11-12,14H,5-10H2,1-4H3. The van der Waals surface area contributed by atoms with E-state index in [2.05, 4.69) is 26.1 Å². The molecule has 0 aromatic heterocycles. The highest BCUT2D eigenvalue weighted by molar-refractivity contribution is 5.02. The number of ether oxygens (including phenoxy) is 2. The Labute approximate surface area is 99.9 Å². The van der Waals surface area contributed by atoms with Crippen molar-refractivity contribution in [1.29, 1.82) is 0 Å². The molecular weight excluding hydrogens is 202 g/mol. The summed E-state index contributed by atoms with van der Waals surface area (Å²) >= 11 is 0. The van der Waals surface area contributed by atoms with Gasteiger partial charge in [0.05, 0.1) is 6.10 Å². The fraction of sp³-hybridized carbons (Fsp3) is 1.00. The average molecular weight is 229 g/mol. The first-order valence-electron chi connectivity index (χ1n) is 6.46. The Kier molecular flexibility index (Phi) is 5.73. The Bertz CT molecular complexity index is 194. The molecule has 2 unspecified atom stereocenters. The molecule has 1 rings (SSSR count). The Morgan fingerprint density at radius 3 is 2.62 bits per heavy atom. The lowest BCUT2D eigenvalue weighted by molar-refractivity contribution is -0.114. The minimum absolute atomic E-state index is 0.289. The van der Waals surface area contributed by atoms with Gasteiger partial charge in [-0.1, -0.05) is 13.8 Å². The number of hydrogen-bond donors (Lipinski definition) is 1. The molecule has 1 saturated carbocycles. The molecule has 0 radical (unpaired) electrons. The first-order chi connectivity index (χ1) is 7.62. The Balaban J connectivity index is 2.11. The normalized spacial score (nSPS) is 27.8. The lowest BCUT2D eigenvalue weighted by Crippen LogP contribution is -2.61. The SMILES string of the molecule is CCOC1CC(NCCCCOC)C1(C)C. The summed E-state index contributed by atoms with van der Waals surface area (Å²) in [6.45, 7) is 9.46. The highest BCUT2D eigenvalue weighted by Crippen LogP contribution is 2.42. The van der Waals surface area contributed by atoms with Crippen LogP contribution in [0.3, 0.4) is 0 Å². The molecule has 2 atom stereocenters. The van der Waals surface area contributed by atoms with E-state index in [-0.39, 0.29) is 5.41 Å². The highest BCUT2D eigenvalue weighted by Gasteiger charge is 2.48. The maximum Gasteiger partial charge on any atom is 0.0655 e. The van der Waals surface area contributed by atoms with Gasteiger partial charge in [0.15, 0.2) is 0 Å². The van der Waals surface area contributed by atoms with Crippen LogP contribution in [-0.2, 0) is 9.47 Å². The van der Waals surface area contributed by atoms with Gasteiger partial charge in [-0.25, -0.2) is 0 Å². The molecule has 1 aliphatic carbocycles. The summed E-state index contributed by atoms with van der Waals surface area (Å²) in [4.78, 5) is 0. The summed E-state index contributed by atoms with van der Waals surface area (Å²) in [5, 5.41) is 3.62. The number of rotatable bonds is 8. The summed E-state index contributed by atoms with van der Waals surface area (Å²) in [5.41, 5.74) is 0.289. The molecule has 1 N–H and O–H groups in total. The Morgan fingerprint density at radius 1 is 1.31 bits per heavy atom. The van der Waals surface area contributed by atoms with E-state index in [1.807, 2.05) is 0 Å². The maximum atomic E-state index is 5.71. The summed E-state index contributed by atoms with van der Waals surface area (Å²) in [6.07, 6.45) is 3.94. The van der Waals surface area contributed by atoms with Crippen LogP contribution in [-0.4, -0.2) is 39.0 Å². The van der Waals surface area contributed by atoms with Gasteiger partial charge in [-0.15, -0.1) is 0 Å². The molecule has 0 bridgehead atoms. The van der Waals surface area contributed by atoms with Crippen molar-refractivity contribution in [3.05, 3.63) is 0 Å². The van der Waals surface area contributed by atoms with E-state index in [1.165, 1.54) is 6.42 Å². The van der Waals surface area contributed by atoms with Crippen LogP contribution in [0.2, 0.25) is 0 Å². The minimum Gasteiger partial charge on any atom is -0.385 e. The molecule has 1 aliphatic rings. The lowest BCUT2D eigenvalue weighted by atomic mass is 9.64. The first-order valence-corrected chi connectivity index (χ1v) is 6.46. The molecule has 0 aromatic rings. The van der Waals surface area contributed by atoms with Gasteiger partial charge < -0.3 is 14.8 Å². The molecule has 0 aromatic carbocycles. The number of nitrogens with one attached hydrogen (secondary N) is 1. The largest absolute Gasteiger partial charge is 0.385 e. The van der Waals surface area contributed by atoms with Gasteiger partial charge in [0, 0.05) is 31.8 Å². The molecular formula is C13H27NO2. The monoisotopic (exact) mass is 229 g/mol. The third kappa shape index (κ3) is 3.44. The predicted octanol–water partition coefficient (Wildman–Crippen LogP) is 2.21.